The summed E-state index contributed by atoms with van der Waals surface area (Å²) in [6.07, 6.45) is 5.21. The molecule has 23 heavy (non-hydrogen) atoms. The standard InChI is InChI=1S/C14H12N6OS2/c1-4-10(22-8-1)12-16-11(21-19-12)5-2-9-23-14-17-13-15-6-3-7-20(13)18-14/h1,3-4,6-8H,2,5,9H2. The van der Waals surface area contributed by atoms with Crippen molar-refractivity contribution in [3.8, 4) is 10.7 Å². The summed E-state index contributed by atoms with van der Waals surface area (Å²) in [6, 6.07) is 5.79. The average molecular weight is 344 g/mol. The van der Waals surface area contributed by atoms with Gasteiger partial charge >= 0.3 is 0 Å². The normalized spacial score (nSPS) is 11.3. The van der Waals surface area contributed by atoms with Crippen LogP contribution >= 0.6 is 23.1 Å². The van der Waals surface area contributed by atoms with Gasteiger partial charge in [-0.25, -0.2) is 9.50 Å². The Morgan fingerprint density at radius 2 is 2.26 bits per heavy atom. The van der Waals surface area contributed by atoms with Crippen LogP contribution in [0.1, 0.15) is 12.3 Å². The van der Waals surface area contributed by atoms with Crippen LogP contribution in [0.5, 0.6) is 0 Å². The van der Waals surface area contributed by atoms with E-state index in [2.05, 4.69) is 25.2 Å². The van der Waals surface area contributed by atoms with Gasteiger partial charge in [0.25, 0.3) is 5.78 Å². The second-order valence-electron chi connectivity index (χ2n) is 4.70. The van der Waals surface area contributed by atoms with Gasteiger partial charge in [0.1, 0.15) is 0 Å². The van der Waals surface area contributed by atoms with E-state index in [-0.39, 0.29) is 0 Å². The fourth-order valence-electron chi connectivity index (χ4n) is 2.02. The molecule has 0 spiro atoms. The number of thiophene rings is 1. The molecule has 0 aliphatic carbocycles. The summed E-state index contributed by atoms with van der Waals surface area (Å²) in [7, 11) is 0. The molecular weight excluding hydrogens is 332 g/mol. The minimum Gasteiger partial charge on any atom is -0.339 e. The molecule has 4 heterocycles. The lowest BCUT2D eigenvalue weighted by Crippen LogP contribution is -1.89. The monoisotopic (exact) mass is 344 g/mol. The molecule has 0 saturated carbocycles. The molecule has 0 aliphatic heterocycles. The van der Waals surface area contributed by atoms with E-state index in [1.807, 2.05) is 29.8 Å². The number of nitrogens with zero attached hydrogens (tertiary/aromatic N) is 6. The van der Waals surface area contributed by atoms with Crippen LogP contribution in [-0.4, -0.2) is 35.5 Å². The number of aromatic nitrogens is 6. The van der Waals surface area contributed by atoms with Crippen molar-refractivity contribution in [3.63, 3.8) is 0 Å². The first kappa shape index (κ1) is 14.3. The van der Waals surface area contributed by atoms with Crippen molar-refractivity contribution in [2.45, 2.75) is 18.0 Å². The van der Waals surface area contributed by atoms with Gasteiger partial charge in [-0.3, -0.25) is 0 Å². The first-order valence-electron chi connectivity index (χ1n) is 7.05. The van der Waals surface area contributed by atoms with Gasteiger partial charge in [0.2, 0.25) is 16.9 Å². The highest BCUT2D eigenvalue weighted by Crippen LogP contribution is 2.22. The van der Waals surface area contributed by atoms with Crippen LogP contribution in [0.25, 0.3) is 16.5 Å². The predicted molar refractivity (Wildman–Crippen MR) is 87.4 cm³/mol. The highest BCUT2D eigenvalue weighted by atomic mass is 32.2. The molecule has 0 aliphatic rings. The molecule has 0 aromatic carbocycles. The molecule has 0 atom stereocenters. The SMILES string of the molecule is c1csc(-c2noc(CCCSc3nc4ncccn4n3)n2)c1. The average Bonchev–Trinajstić information content (AvgIpc) is 3.30. The smallest absolute Gasteiger partial charge is 0.253 e. The van der Waals surface area contributed by atoms with Gasteiger partial charge in [0, 0.05) is 24.6 Å². The summed E-state index contributed by atoms with van der Waals surface area (Å²) >= 11 is 3.20. The van der Waals surface area contributed by atoms with Crippen molar-refractivity contribution in [2.24, 2.45) is 0 Å². The van der Waals surface area contributed by atoms with Crippen LogP contribution in [-0.2, 0) is 6.42 Å². The molecule has 0 saturated heterocycles. The summed E-state index contributed by atoms with van der Waals surface area (Å²) in [6.45, 7) is 0. The van der Waals surface area contributed by atoms with E-state index in [4.69, 9.17) is 4.52 Å². The predicted octanol–water partition coefficient (Wildman–Crippen LogP) is 2.96. The van der Waals surface area contributed by atoms with Crippen molar-refractivity contribution in [1.29, 1.82) is 0 Å². The molecule has 116 valence electrons. The molecule has 4 aromatic rings. The van der Waals surface area contributed by atoms with Crippen LogP contribution < -0.4 is 0 Å². The zero-order valence-corrected chi connectivity index (χ0v) is 13.6. The fourth-order valence-corrected chi connectivity index (χ4v) is 3.44. The Balaban J connectivity index is 1.30. The molecule has 0 N–H and O–H groups in total. The maximum Gasteiger partial charge on any atom is 0.253 e. The number of thioether (sulfide) groups is 1. The second kappa shape index (κ2) is 6.47. The largest absolute Gasteiger partial charge is 0.339 e. The highest BCUT2D eigenvalue weighted by Gasteiger charge is 2.10. The lowest BCUT2D eigenvalue weighted by atomic mass is 10.3. The van der Waals surface area contributed by atoms with Gasteiger partial charge in [-0.15, -0.1) is 16.4 Å². The number of hydrogen-bond donors (Lipinski definition) is 0. The molecule has 0 radical (unpaired) electrons. The van der Waals surface area contributed by atoms with Gasteiger partial charge in [-0.2, -0.15) is 9.97 Å². The van der Waals surface area contributed by atoms with Crippen molar-refractivity contribution in [1.82, 2.24) is 29.7 Å². The molecule has 0 bridgehead atoms. The lowest BCUT2D eigenvalue weighted by Gasteiger charge is -1.94. The van der Waals surface area contributed by atoms with Crippen molar-refractivity contribution in [3.05, 3.63) is 41.9 Å². The summed E-state index contributed by atoms with van der Waals surface area (Å²) < 4.78 is 6.95. The van der Waals surface area contributed by atoms with E-state index in [9.17, 15) is 0 Å². The van der Waals surface area contributed by atoms with E-state index in [1.54, 1.807) is 33.8 Å². The van der Waals surface area contributed by atoms with Gasteiger partial charge in [-0.1, -0.05) is 23.0 Å². The van der Waals surface area contributed by atoms with Crippen molar-refractivity contribution < 1.29 is 4.52 Å². The van der Waals surface area contributed by atoms with Gasteiger partial charge in [0.15, 0.2) is 0 Å². The summed E-state index contributed by atoms with van der Waals surface area (Å²) in [5.74, 6) is 2.83. The highest BCUT2D eigenvalue weighted by molar-refractivity contribution is 7.99. The van der Waals surface area contributed by atoms with Crippen LogP contribution in [0, 0.1) is 0 Å². The van der Waals surface area contributed by atoms with E-state index in [0.29, 0.717) is 17.5 Å². The zero-order valence-electron chi connectivity index (χ0n) is 12.0. The Kier molecular flexibility index (Phi) is 4.03. The van der Waals surface area contributed by atoms with Gasteiger partial charge in [0.05, 0.1) is 4.88 Å². The lowest BCUT2D eigenvalue weighted by molar-refractivity contribution is 0.378. The van der Waals surface area contributed by atoms with Gasteiger partial charge in [-0.05, 0) is 23.9 Å². The maximum atomic E-state index is 5.28. The van der Waals surface area contributed by atoms with Crippen molar-refractivity contribution >= 4 is 28.9 Å². The fraction of sp³-hybridized carbons (Fsp3) is 0.214. The third-order valence-electron chi connectivity index (χ3n) is 3.07. The minimum absolute atomic E-state index is 0.618. The molecule has 0 unspecified atom stereocenters. The van der Waals surface area contributed by atoms with Crippen LogP contribution in [0.15, 0.2) is 45.7 Å². The molecule has 9 heteroatoms. The Hall–Kier alpha value is -2.26. The van der Waals surface area contributed by atoms with E-state index < -0.39 is 0 Å². The minimum atomic E-state index is 0.618. The van der Waals surface area contributed by atoms with E-state index in [1.165, 1.54) is 0 Å². The summed E-state index contributed by atoms with van der Waals surface area (Å²) in [5.41, 5.74) is 0. The van der Waals surface area contributed by atoms with Gasteiger partial charge < -0.3 is 4.52 Å². The number of hydrogen-bond acceptors (Lipinski definition) is 8. The van der Waals surface area contributed by atoms with E-state index in [0.717, 1.165) is 28.6 Å². The molecule has 4 aromatic heterocycles. The molecule has 0 amide bonds. The van der Waals surface area contributed by atoms with E-state index >= 15 is 0 Å². The first-order chi connectivity index (χ1) is 11.4. The summed E-state index contributed by atoms with van der Waals surface area (Å²) in [4.78, 5) is 13.9. The third kappa shape index (κ3) is 3.25. The quantitative estimate of drug-likeness (QED) is 0.393. The Bertz CT molecular complexity index is 868. The molecule has 4 rings (SSSR count). The Labute approximate surface area is 139 Å². The van der Waals surface area contributed by atoms with Crippen LogP contribution in [0.3, 0.4) is 0 Å². The first-order valence-corrected chi connectivity index (χ1v) is 8.92. The molecule has 0 fully saturated rings. The number of fused-ring (bicyclic) bond motifs is 1. The molecular formula is C14H12N6OS2. The zero-order chi connectivity index (χ0) is 15.5. The summed E-state index contributed by atoms with van der Waals surface area (Å²) in [5, 5.41) is 11.1. The van der Waals surface area contributed by atoms with Crippen LogP contribution in [0.4, 0.5) is 0 Å². The maximum absolute atomic E-state index is 5.28. The topological polar surface area (TPSA) is 82.0 Å². The number of aryl methyl sites for hydroxylation is 1. The second-order valence-corrected chi connectivity index (χ2v) is 6.71. The van der Waals surface area contributed by atoms with Crippen LogP contribution in [0.2, 0.25) is 0 Å². The van der Waals surface area contributed by atoms with Crippen molar-refractivity contribution in [2.75, 3.05) is 5.75 Å². The Morgan fingerprint density at radius 3 is 3.13 bits per heavy atom. The Morgan fingerprint density at radius 1 is 1.26 bits per heavy atom. The third-order valence-corrected chi connectivity index (χ3v) is 4.86. The molecule has 7 nitrogen and oxygen atoms in total. The number of rotatable bonds is 6.